The number of hydrogen-bond acceptors (Lipinski definition) is 8. The molecule has 1 aliphatic heterocycles. The Hall–Kier alpha value is -3.18. The van der Waals surface area contributed by atoms with Crippen LogP contribution >= 0.6 is 0 Å². The molecule has 1 saturated heterocycles. The Morgan fingerprint density at radius 2 is 1.70 bits per heavy atom. The zero-order chi connectivity index (χ0) is 34.3. The highest BCUT2D eigenvalue weighted by Crippen LogP contribution is 2.37. The van der Waals surface area contributed by atoms with E-state index in [1.807, 2.05) is 25.1 Å². The molecule has 1 aromatic carbocycles. The molecule has 2 fully saturated rings. The van der Waals surface area contributed by atoms with Gasteiger partial charge in [0.25, 0.3) is 0 Å². The van der Waals surface area contributed by atoms with Crippen molar-refractivity contribution in [1.29, 1.82) is 0 Å². The number of carbonyl (C=O) groups is 4. The molecule has 3 amide bonds. The topological polar surface area (TPSA) is 123 Å². The zero-order valence-electron chi connectivity index (χ0n) is 29.3. The number of carbonyl (C=O) groups excluding carboxylic acids is 4. The lowest BCUT2D eigenvalue weighted by molar-refractivity contribution is -0.123. The Kier molecular flexibility index (Phi) is 16.5. The number of aliphatic hydroxyl groups excluding tert-OH is 1. The lowest BCUT2D eigenvalue weighted by atomic mass is 9.86. The van der Waals surface area contributed by atoms with Crippen LogP contribution in [0.25, 0.3) is 0 Å². The van der Waals surface area contributed by atoms with E-state index in [9.17, 15) is 19.2 Å². The highest BCUT2D eigenvalue weighted by atomic mass is 16.6. The Labute approximate surface area is 276 Å². The van der Waals surface area contributed by atoms with Crippen molar-refractivity contribution >= 4 is 36.1 Å². The molecule has 0 spiro atoms. The van der Waals surface area contributed by atoms with E-state index < -0.39 is 17.7 Å². The fourth-order valence-corrected chi connectivity index (χ4v) is 6.22. The Morgan fingerprint density at radius 3 is 2.22 bits per heavy atom. The van der Waals surface area contributed by atoms with Crippen molar-refractivity contribution in [3.63, 3.8) is 0 Å². The predicted molar refractivity (Wildman–Crippen MR) is 183 cm³/mol. The van der Waals surface area contributed by atoms with Crippen LogP contribution < -0.4 is 15.1 Å². The van der Waals surface area contributed by atoms with Crippen molar-refractivity contribution in [2.75, 3.05) is 70.8 Å². The van der Waals surface area contributed by atoms with Gasteiger partial charge in [-0.2, -0.15) is 0 Å². The third-order valence-electron chi connectivity index (χ3n) is 8.76. The molecule has 2 N–H and O–H groups in total. The second kappa shape index (κ2) is 19.5. The van der Waals surface area contributed by atoms with Gasteiger partial charge in [-0.15, -0.1) is 0 Å². The van der Waals surface area contributed by atoms with Gasteiger partial charge in [0.2, 0.25) is 12.3 Å². The highest BCUT2D eigenvalue weighted by molar-refractivity contribution is 5.95. The number of anilines is 2. The first-order chi connectivity index (χ1) is 21.8. The largest absolute Gasteiger partial charge is 0.444 e. The van der Waals surface area contributed by atoms with E-state index in [0.29, 0.717) is 24.6 Å². The summed E-state index contributed by atoms with van der Waals surface area (Å²) in [5.41, 5.74) is 2.42. The van der Waals surface area contributed by atoms with Crippen LogP contribution in [0.1, 0.15) is 90.0 Å². The number of benzene rings is 1. The SMILES string of the molecule is CN(CCO)C(=O)OC(C)(C)C.CNC(=O)C(CCC=O)N(C=O)c1ccc(C2CCN(CC3CCCCC3)CC2)cc1N(C)C. The molecule has 1 heterocycles. The normalized spacial score (nSPS) is 16.8. The fraction of sp³-hybridized carbons (Fsp3) is 0.714. The number of aldehydes is 1. The summed E-state index contributed by atoms with van der Waals surface area (Å²) in [7, 11) is 7.05. The summed E-state index contributed by atoms with van der Waals surface area (Å²) in [4.78, 5) is 54.2. The smallest absolute Gasteiger partial charge is 0.410 e. The van der Waals surface area contributed by atoms with Gasteiger partial charge in [-0.25, -0.2) is 4.79 Å². The maximum atomic E-state index is 12.5. The maximum absolute atomic E-state index is 12.5. The summed E-state index contributed by atoms with van der Waals surface area (Å²) < 4.78 is 5.03. The highest BCUT2D eigenvalue weighted by Gasteiger charge is 2.29. The number of rotatable bonds is 13. The molecule has 0 bridgehead atoms. The van der Waals surface area contributed by atoms with E-state index in [1.54, 1.807) is 34.9 Å². The second-order valence-electron chi connectivity index (χ2n) is 13.7. The number of nitrogens with zero attached hydrogens (tertiary/aromatic N) is 4. The number of hydrogen-bond donors (Lipinski definition) is 2. The van der Waals surface area contributed by atoms with Crippen LogP contribution in [0.15, 0.2) is 18.2 Å². The molecule has 0 radical (unpaired) electrons. The Morgan fingerprint density at radius 1 is 1.04 bits per heavy atom. The molecular weight excluding hydrogens is 586 g/mol. The molecule has 260 valence electrons. The quantitative estimate of drug-likeness (QED) is 0.303. The molecule has 1 aromatic rings. The van der Waals surface area contributed by atoms with E-state index in [-0.39, 0.29) is 25.4 Å². The lowest BCUT2D eigenvalue weighted by Crippen LogP contribution is -2.46. The number of piperidine rings is 1. The average Bonchev–Trinajstić information content (AvgIpc) is 3.03. The van der Waals surface area contributed by atoms with Crippen LogP contribution in [0.5, 0.6) is 0 Å². The maximum Gasteiger partial charge on any atom is 0.410 e. The molecule has 1 atom stereocenters. The van der Waals surface area contributed by atoms with Crippen LogP contribution in [-0.2, 0) is 19.1 Å². The zero-order valence-corrected chi connectivity index (χ0v) is 29.3. The first-order valence-corrected chi connectivity index (χ1v) is 16.8. The summed E-state index contributed by atoms with van der Waals surface area (Å²) in [5.74, 6) is 1.12. The van der Waals surface area contributed by atoms with Gasteiger partial charge in [0.15, 0.2) is 0 Å². The van der Waals surface area contributed by atoms with Gasteiger partial charge >= 0.3 is 6.09 Å². The average molecular weight is 646 g/mol. The number of likely N-dealkylation sites (N-methyl/N-ethyl adjacent to an activating group) is 2. The first-order valence-electron chi connectivity index (χ1n) is 16.8. The Bertz CT molecular complexity index is 1090. The van der Waals surface area contributed by atoms with E-state index in [4.69, 9.17) is 9.84 Å². The standard InChI is InChI=1S/C27H42N4O3.C8H17NO3/c1-28-27(34)25(10-7-17-32)31(20-33)24-12-11-23(18-26(24)29(2)3)22-13-15-30(16-14-22)19-21-8-5-4-6-9-21;1-8(2,3)12-7(11)9(4)5-6-10/h11-12,17-18,20-22,25H,4-10,13-16,19H2,1-3H3,(H,28,34);10H,5-6H2,1-4H3. The van der Waals surface area contributed by atoms with Crippen LogP contribution in [0.3, 0.4) is 0 Å². The lowest BCUT2D eigenvalue weighted by Gasteiger charge is -2.36. The molecule has 1 unspecified atom stereocenters. The molecule has 1 aliphatic carbocycles. The van der Waals surface area contributed by atoms with Gasteiger partial charge < -0.3 is 39.6 Å². The third kappa shape index (κ3) is 12.5. The second-order valence-corrected chi connectivity index (χ2v) is 13.7. The van der Waals surface area contributed by atoms with Crippen molar-refractivity contribution < 1.29 is 29.0 Å². The van der Waals surface area contributed by atoms with Crippen LogP contribution in [0.4, 0.5) is 16.2 Å². The minimum Gasteiger partial charge on any atom is -0.444 e. The minimum atomic E-state index is -0.722. The van der Waals surface area contributed by atoms with E-state index in [0.717, 1.165) is 43.8 Å². The van der Waals surface area contributed by atoms with Crippen molar-refractivity contribution in [3.8, 4) is 0 Å². The van der Waals surface area contributed by atoms with Gasteiger partial charge in [0, 0.05) is 47.7 Å². The fourth-order valence-electron chi connectivity index (χ4n) is 6.22. The predicted octanol–water partition coefficient (Wildman–Crippen LogP) is 4.41. The van der Waals surface area contributed by atoms with Crippen LogP contribution in [0.2, 0.25) is 0 Å². The number of ether oxygens (including phenoxy) is 1. The van der Waals surface area contributed by atoms with E-state index in [1.165, 1.54) is 54.0 Å². The van der Waals surface area contributed by atoms with Gasteiger partial charge in [-0.3, -0.25) is 9.59 Å². The molecule has 11 heteroatoms. The van der Waals surface area contributed by atoms with Gasteiger partial charge in [0.1, 0.15) is 17.9 Å². The molecule has 1 saturated carbocycles. The summed E-state index contributed by atoms with van der Waals surface area (Å²) in [6, 6.07) is 5.53. The number of amides is 3. The Balaban J connectivity index is 0.000000521. The van der Waals surface area contributed by atoms with Crippen molar-refractivity contribution in [3.05, 3.63) is 23.8 Å². The molecule has 2 aliphatic rings. The van der Waals surface area contributed by atoms with Gasteiger partial charge in [0.05, 0.1) is 18.0 Å². The number of likely N-dealkylation sites (tertiary alicyclic amines) is 1. The molecule has 3 rings (SSSR count). The van der Waals surface area contributed by atoms with E-state index in [2.05, 4.69) is 22.3 Å². The molecule has 11 nitrogen and oxygen atoms in total. The van der Waals surface area contributed by atoms with Gasteiger partial charge in [-0.1, -0.05) is 25.3 Å². The first kappa shape index (κ1) is 39.0. The van der Waals surface area contributed by atoms with Crippen molar-refractivity contribution in [2.45, 2.75) is 96.1 Å². The van der Waals surface area contributed by atoms with E-state index >= 15 is 0 Å². The number of aliphatic hydroxyl groups is 1. The summed E-state index contributed by atoms with van der Waals surface area (Å²) in [6.07, 6.45) is 10.9. The molecular formula is C35H59N5O6. The van der Waals surface area contributed by atoms with Crippen LogP contribution in [-0.4, -0.2) is 112 Å². The van der Waals surface area contributed by atoms with Crippen molar-refractivity contribution in [2.24, 2.45) is 5.92 Å². The molecule has 46 heavy (non-hydrogen) atoms. The summed E-state index contributed by atoms with van der Waals surface area (Å²) >= 11 is 0. The minimum absolute atomic E-state index is 0.0459. The summed E-state index contributed by atoms with van der Waals surface area (Å²) in [6.45, 7) is 9.21. The number of nitrogens with one attached hydrogen (secondary N) is 1. The monoisotopic (exact) mass is 645 g/mol. The third-order valence-corrected chi connectivity index (χ3v) is 8.76. The summed E-state index contributed by atoms with van der Waals surface area (Å²) in [5, 5.41) is 11.2. The van der Waals surface area contributed by atoms with Crippen LogP contribution in [0, 0.1) is 5.92 Å². The van der Waals surface area contributed by atoms with Crippen molar-refractivity contribution in [1.82, 2.24) is 15.1 Å². The molecule has 0 aromatic heterocycles. The van der Waals surface area contributed by atoms with Gasteiger partial charge in [-0.05, 0) is 95.5 Å².